The molecule has 166 valence electrons. The van der Waals surface area contributed by atoms with Gasteiger partial charge in [0.05, 0.1) is 6.10 Å². The number of hydrogen-bond donors (Lipinski definition) is 2. The third kappa shape index (κ3) is 8.33. The van der Waals surface area contributed by atoms with Crippen molar-refractivity contribution in [2.75, 3.05) is 33.8 Å². The fourth-order valence-electron chi connectivity index (χ4n) is 3.45. The Morgan fingerprint density at radius 1 is 1.24 bits per heavy atom. The Hall–Kier alpha value is -1.00. The number of guanidine groups is 1. The minimum atomic E-state index is -0.798. The summed E-state index contributed by atoms with van der Waals surface area (Å²) in [6, 6.07) is 4.46. The van der Waals surface area contributed by atoms with E-state index in [0.29, 0.717) is 19.1 Å². The van der Waals surface area contributed by atoms with E-state index in [1.807, 2.05) is 0 Å². The second kappa shape index (κ2) is 12.0. The molecule has 29 heavy (non-hydrogen) atoms. The normalized spacial score (nSPS) is 17.6. The van der Waals surface area contributed by atoms with Crippen LogP contribution in [0.4, 0.5) is 8.78 Å². The summed E-state index contributed by atoms with van der Waals surface area (Å²) >= 11 is 0. The standard InChI is InChI=1S/C21H34F2N4O.HI/c1-21(2,3)19(28-5)13-25-20(24-4)26-16-8-10-27(11-9-16)14-15-6-7-17(22)18(23)12-15;/h6-7,12,16,19H,8-11,13-14H2,1-5H3,(H2,24,25,26);1H. The highest BCUT2D eigenvalue weighted by atomic mass is 127. The van der Waals surface area contributed by atoms with Crippen LogP contribution in [0.5, 0.6) is 0 Å². The number of nitrogens with zero attached hydrogens (tertiary/aromatic N) is 2. The molecule has 1 aromatic rings. The molecule has 1 aliphatic heterocycles. The van der Waals surface area contributed by atoms with Crippen molar-refractivity contribution in [3.8, 4) is 0 Å². The molecular weight excluding hydrogens is 489 g/mol. The summed E-state index contributed by atoms with van der Waals surface area (Å²) < 4.78 is 32.0. The Kier molecular flexibility index (Phi) is 10.8. The predicted molar refractivity (Wildman–Crippen MR) is 125 cm³/mol. The van der Waals surface area contributed by atoms with Gasteiger partial charge in [-0.25, -0.2) is 8.78 Å². The molecule has 0 spiro atoms. The molecule has 1 aliphatic rings. The average molecular weight is 524 g/mol. The van der Waals surface area contributed by atoms with E-state index in [0.717, 1.165) is 37.5 Å². The number of benzene rings is 1. The Labute approximate surface area is 190 Å². The van der Waals surface area contributed by atoms with Gasteiger partial charge >= 0.3 is 0 Å². The van der Waals surface area contributed by atoms with Crippen molar-refractivity contribution < 1.29 is 13.5 Å². The lowest BCUT2D eigenvalue weighted by Crippen LogP contribution is -2.51. The fraction of sp³-hybridized carbons (Fsp3) is 0.667. The summed E-state index contributed by atoms with van der Waals surface area (Å²) in [6.07, 6.45) is 2.03. The van der Waals surface area contributed by atoms with Gasteiger partial charge in [-0.2, -0.15) is 0 Å². The van der Waals surface area contributed by atoms with Crippen LogP contribution < -0.4 is 10.6 Å². The van der Waals surface area contributed by atoms with Crippen LogP contribution in [0, 0.1) is 17.0 Å². The number of nitrogens with one attached hydrogen (secondary N) is 2. The van der Waals surface area contributed by atoms with Gasteiger partial charge in [-0.15, -0.1) is 24.0 Å². The van der Waals surface area contributed by atoms with Crippen LogP contribution in [0.15, 0.2) is 23.2 Å². The zero-order chi connectivity index (χ0) is 20.7. The lowest BCUT2D eigenvalue weighted by atomic mass is 9.89. The maximum absolute atomic E-state index is 13.4. The number of methoxy groups -OCH3 is 1. The number of aliphatic imine (C=N–C) groups is 1. The highest BCUT2D eigenvalue weighted by Gasteiger charge is 2.25. The third-order valence-electron chi connectivity index (χ3n) is 5.25. The van der Waals surface area contributed by atoms with Gasteiger partial charge in [-0.1, -0.05) is 26.8 Å². The first-order chi connectivity index (χ1) is 13.2. The van der Waals surface area contributed by atoms with Crippen LogP contribution in [0.25, 0.3) is 0 Å². The lowest BCUT2D eigenvalue weighted by molar-refractivity contribution is 0.0204. The van der Waals surface area contributed by atoms with Crippen molar-refractivity contribution in [1.29, 1.82) is 0 Å². The first kappa shape index (κ1) is 26.0. The van der Waals surface area contributed by atoms with E-state index in [1.54, 1.807) is 20.2 Å². The molecule has 2 N–H and O–H groups in total. The van der Waals surface area contributed by atoms with E-state index >= 15 is 0 Å². The quantitative estimate of drug-likeness (QED) is 0.338. The molecule has 0 aliphatic carbocycles. The molecular formula is C21H35F2IN4O. The SMILES string of the molecule is CN=C(NCC(OC)C(C)(C)C)NC1CCN(Cc2ccc(F)c(F)c2)CC1.I. The summed E-state index contributed by atoms with van der Waals surface area (Å²) in [5.41, 5.74) is 0.849. The van der Waals surface area contributed by atoms with Crippen molar-refractivity contribution in [2.45, 2.75) is 52.3 Å². The van der Waals surface area contributed by atoms with Crippen LogP contribution in [0.1, 0.15) is 39.2 Å². The zero-order valence-electron chi connectivity index (χ0n) is 18.1. The Balaban J connectivity index is 0.00000420. The maximum Gasteiger partial charge on any atom is 0.191 e. The van der Waals surface area contributed by atoms with Crippen LogP contribution in [0.3, 0.4) is 0 Å². The van der Waals surface area contributed by atoms with Gasteiger partial charge in [0.25, 0.3) is 0 Å². The van der Waals surface area contributed by atoms with E-state index in [4.69, 9.17) is 4.74 Å². The molecule has 0 bridgehead atoms. The molecule has 0 saturated carbocycles. The van der Waals surface area contributed by atoms with Crippen LogP contribution in [-0.4, -0.2) is 56.8 Å². The molecule has 1 heterocycles. The van der Waals surface area contributed by atoms with Gasteiger partial charge < -0.3 is 15.4 Å². The zero-order valence-corrected chi connectivity index (χ0v) is 20.4. The largest absolute Gasteiger partial charge is 0.379 e. The minimum Gasteiger partial charge on any atom is -0.379 e. The number of rotatable bonds is 6. The van der Waals surface area contributed by atoms with Gasteiger partial charge in [-0.3, -0.25) is 9.89 Å². The van der Waals surface area contributed by atoms with Crippen LogP contribution in [0.2, 0.25) is 0 Å². The van der Waals surface area contributed by atoms with Crippen LogP contribution in [-0.2, 0) is 11.3 Å². The highest BCUT2D eigenvalue weighted by molar-refractivity contribution is 14.0. The first-order valence-corrected chi connectivity index (χ1v) is 9.89. The molecule has 0 radical (unpaired) electrons. The number of piperidine rings is 1. The molecule has 1 atom stereocenters. The molecule has 1 saturated heterocycles. The Bertz CT molecular complexity index is 659. The van der Waals surface area contributed by atoms with Crippen molar-refractivity contribution in [3.63, 3.8) is 0 Å². The van der Waals surface area contributed by atoms with Crippen molar-refractivity contribution in [1.82, 2.24) is 15.5 Å². The smallest absolute Gasteiger partial charge is 0.191 e. The second-order valence-electron chi connectivity index (χ2n) is 8.49. The molecule has 0 amide bonds. The lowest BCUT2D eigenvalue weighted by Gasteiger charge is -2.34. The summed E-state index contributed by atoms with van der Waals surface area (Å²) in [6.45, 7) is 9.59. The molecule has 2 rings (SSSR count). The minimum absolute atomic E-state index is 0. The van der Waals surface area contributed by atoms with E-state index < -0.39 is 11.6 Å². The molecule has 0 aromatic heterocycles. The molecule has 1 fully saturated rings. The van der Waals surface area contributed by atoms with Gasteiger partial charge in [0.15, 0.2) is 17.6 Å². The van der Waals surface area contributed by atoms with Gasteiger partial charge in [0, 0.05) is 46.4 Å². The van der Waals surface area contributed by atoms with E-state index in [9.17, 15) is 8.78 Å². The first-order valence-electron chi connectivity index (χ1n) is 9.89. The fourth-order valence-corrected chi connectivity index (χ4v) is 3.45. The summed E-state index contributed by atoms with van der Waals surface area (Å²) in [4.78, 5) is 6.59. The predicted octanol–water partition coefficient (Wildman–Crippen LogP) is 3.77. The molecule has 1 unspecified atom stereocenters. The number of likely N-dealkylation sites (tertiary alicyclic amines) is 1. The Morgan fingerprint density at radius 2 is 1.90 bits per heavy atom. The van der Waals surface area contributed by atoms with E-state index in [-0.39, 0.29) is 35.5 Å². The third-order valence-corrected chi connectivity index (χ3v) is 5.25. The van der Waals surface area contributed by atoms with E-state index in [1.165, 1.54) is 12.1 Å². The Morgan fingerprint density at radius 3 is 2.41 bits per heavy atom. The molecule has 1 aromatic carbocycles. The van der Waals surface area contributed by atoms with Gasteiger partial charge in [-0.05, 0) is 36.0 Å². The van der Waals surface area contributed by atoms with E-state index in [2.05, 4.69) is 41.3 Å². The summed E-state index contributed by atoms with van der Waals surface area (Å²) in [5, 5.41) is 6.84. The summed E-state index contributed by atoms with van der Waals surface area (Å²) in [5.74, 6) is -0.799. The second-order valence-corrected chi connectivity index (χ2v) is 8.49. The van der Waals surface area contributed by atoms with Gasteiger partial charge in [0.1, 0.15) is 0 Å². The van der Waals surface area contributed by atoms with Crippen LogP contribution >= 0.6 is 24.0 Å². The number of halogens is 3. The number of hydrogen-bond acceptors (Lipinski definition) is 3. The van der Waals surface area contributed by atoms with Crippen molar-refractivity contribution in [2.24, 2.45) is 10.4 Å². The van der Waals surface area contributed by atoms with Crippen molar-refractivity contribution in [3.05, 3.63) is 35.4 Å². The van der Waals surface area contributed by atoms with Gasteiger partial charge in [0.2, 0.25) is 0 Å². The summed E-state index contributed by atoms with van der Waals surface area (Å²) in [7, 11) is 3.50. The topological polar surface area (TPSA) is 48.9 Å². The number of ether oxygens (including phenoxy) is 1. The maximum atomic E-state index is 13.4. The van der Waals surface area contributed by atoms with Crippen molar-refractivity contribution >= 4 is 29.9 Å². The monoisotopic (exact) mass is 524 g/mol. The average Bonchev–Trinajstić information content (AvgIpc) is 2.64. The molecule has 8 heteroatoms. The molecule has 5 nitrogen and oxygen atoms in total. The highest BCUT2D eigenvalue weighted by Crippen LogP contribution is 2.21.